The second-order valence-electron chi connectivity index (χ2n) is 9.32. The lowest BCUT2D eigenvalue weighted by molar-refractivity contribution is -0.873. The van der Waals surface area contributed by atoms with Crippen LogP contribution in [0, 0.1) is 0 Å². The van der Waals surface area contributed by atoms with Crippen LogP contribution in [0.4, 0.5) is 0 Å². The fourth-order valence-electron chi connectivity index (χ4n) is 3.05. The number of carboxylic acids is 1. The maximum absolute atomic E-state index is 12.0. The van der Waals surface area contributed by atoms with Crippen LogP contribution >= 0.6 is 0 Å². The number of likely N-dealkylation sites (N-methyl/N-ethyl adjacent to an activating group) is 1. The van der Waals surface area contributed by atoms with Crippen molar-refractivity contribution in [2.24, 2.45) is 0 Å². The van der Waals surface area contributed by atoms with Crippen molar-refractivity contribution >= 4 is 11.9 Å². The summed E-state index contributed by atoms with van der Waals surface area (Å²) in [6.07, 6.45) is 27.3. The number of carboxylic acid groups (broad SMARTS) is 1. The van der Waals surface area contributed by atoms with Gasteiger partial charge in [0.05, 0.1) is 27.2 Å². The molecule has 0 heterocycles. The van der Waals surface area contributed by atoms with E-state index in [0.29, 0.717) is 30.3 Å². The predicted molar refractivity (Wildman–Crippen MR) is 141 cm³/mol. The summed E-state index contributed by atoms with van der Waals surface area (Å²) < 4.78 is 5.81. The van der Waals surface area contributed by atoms with Gasteiger partial charge in [-0.2, -0.15) is 0 Å². The predicted octanol–water partition coefficient (Wildman–Crippen LogP) is 4.19. The topological polar surface area (TPSA) is 86.7 Å². The molecule has 0 saturated carbocycles. The first-order valence-electron chi connectivity index (χ1n) is 12.4. The van der Waals surface area contributed by atoms with E-state index in [4.69, 9.17) is 4.74 Å². The van der Waals surface area contributed by atoms with Gasteiger partial charge in [-0.3, -0.25) is 4.79 Å². The molecule has 0 fully saturated rings. The minimum Gasteiger partial charge on any atom is -0.550 e. The Balaban J connectivity index is 4.05. The summed E-state index contributed by atoms with van der Waals surface area (Å²) >= 11 is 0. The van der Waals surface area contributed by atoms with Gasteiger partial charge in [0, 0.05) is 18.8 Å². The number of aliphatic carboxylic acids is 1. The minimum absolute atomic E-state index is 0.201. The van der Waals surface area contributed by atoms with Gasteiger partial charge in [0.1, 0.15) is 6.54 Å². The van der Waals surface area contributed by atoms with Crippen molar-refractivity contribution in [3.05, 3.63) is 72.9 Å². The molecule has 0 aromatic rings. The largest absolute Gasteiger partial charge is 0.550 e. The van der Waals surface area contributed by atoms with Gasteiger partial charge in [0.15, 0.2) is 6.10 Å². The zero-order valence-electron chi connectivity index (χ0n) is 22.0. The molecule has 196 valence electrons. The van der Waals surface area contributed by atoms with E-state index in [-0.39, 0.29) is 12.8 Å². The monoisotopic (exact) mass is 487 g/mol. The molecule has 2 unspecified atom stereocenters. The number of esters is 1. The lowest BCUT2D eigenvalue weighted by Crippen LogP contribution is -2.45. The smallest absolute Gasteiger partial charge is 0.306 e. The highest BCUT2D eigenvalue weighted by Gasteiger charge is 2.22. The maximum Gasteiger partial charge on any atom is 0.306 e. The Bertz CT molecular complexity index is 754. The van der Waals surface area contributed by atoms with Gasteiger partial charge in [-0.1, -0.05) is 79.8 Å². The van der Waals surface area contributed by atoms with Crippen molar-refractivity contribution in [3.8, 4) is 0 Å². The second kappa shape index (κ2) is 20.7. The second-order valence-corrected chi connectivity index (χ2v) is 9.32. The fourth-order valence-corrected chi connectivity index (χ4v) is 3.05. The van der Waals surface area contributed by atoms with E-state index in [1.54, 1.807) is 6.08 Å². The number of carbonyl (C=O) groups is 2. The Hall–Kier alpha value is -2.70. The molecule has 1 N–H and O–H groups in total. The number of hydrogen-bond donors (Lipinski definition) is 1. The summed E-state index contributed by atoms with van der Waals surface area (Å²) in [5.74, 6) is -1.63. The molecule has 35 heavy (non-hydrogen) atoms. The molecule has 0 saturated heterocycles. The molecule has 0 amide bonds. The molecular formula is C29H45NO5. The highest BCUT2D eigenvalue weighted by Crippen LogP contribution is 2.07. The molecule has 6 nitrogen and oxygen atoms in total. The third kappa shape index (κ3) is 24.2. The van der Waals surface area contributed by atoms with Crippen molar-refractivity contribution in [1.82, 2.24) is 0 Å². The van der Waals surface area contributed by atoms with Gasteiger partial charge in [-0.05, 0) is 38.5 Å². The van der Waals surface area contributed by atoms with Gasteiger partial charge in [-0.15, -0.1) is 0 Å². The molecule has 0 spiro atoms. The molecule has 0 aromatic carbocycles. The average molecular weight is 488 g/mol. The van der Waals surface area contributed by atoms with Crippen molar-refractivity contribution in [1.29, 1.82) is 0 Å². The van der Waals surface area contributed by atoms with Gasteiger partial charge >= 0.3 is 5.97 Å². The number of carbonyl (C=O) groups excluding carboxylic acids is 2. The van der Waals surface area contributed by atoms with Gasteiger partial charge in [0.25, 0.3) is 0 Å². The first kappa shape index (κ1) is 32.3. The maximum atomic E-state index is 12.0. The van der Waals surface area contributed by atoms with E-state index in [9.17, 15) is 19.8 Å². The van der Waals surface area contributed by atoms with Crippen molar-refractivity contribution in [2.45, 2.75) is 70.5 Å². The van der Waals surface area contributed by atoms with Crippen LogP contribution in [0.15, 0.2) is 72.9 Å². The van der Waals surface area contributed by atoms with E-state index < -0.39 is 24.1 Å². The average Bonchev–Trinajstić information content (AvgIpc) is 2.75. The zero-order chi connectivity index (χ0) is 26.4. The SMILES string of the molecule is CC/C=C/C/C=C/C/C=C/CC(O)/C=C/C=C/C/C=C/CCC(=O)OC(CC(=O)[O-])C[N+](C)(C)C. The number of aliphatic hydroxyl groups excluding tert-OH is 1. The quantitative estimate of drug-likeness (QED) is 0.128. The number of aliphatic hydroxyl groups is 1. The van der Waals surface area contributed by atoms with Crippen molar-refractivity contribution < 1.29 is 29.0 Å². The van der Waals surface area contributed by atoms with Crippen LogP contribution in [0.1, 0.15) is 58.3 Å². The number of ether oxygens (including phenoxy) is 1. The number of allylic oxidation sites excluding steroid dienone is 10. The van der Waals surface area contributed by atoms with Crippen LogP contribution in [-0.4, -0.2) is 61.4 Å². The number of nitrogens with zero attached hydrogens (tertiary/aromatic N) is 1. The highest BCUT2D eigenvalue weighted by atomic mass is 16.5. The Labute approximate surface area is 212 Å². The van der Waals surface area contributed by atoms with Crippen LogP contribution in [0.3, 0.4) is 0 Å². The summed E-state index contributed by atoms with van der Waals surface area (Å²) in [5, 5.41) is 20.8. The summed E-state index contributed by atoms with van der Waals surface area (Å²) in [6.45, 7) is 2.53. The Kier molecular flexibility index (Phi) is 19.1. The molecule has 6 heteroatoms. The lowest BCUT2D eigenvalue weighted by Gasteiger charge is -2.29. The summed E-state index contributed by atoms with van der Waals surface area (Å²) in [4.78, 5) is 22.9. The van der Waals surface area contributed by atoms with Crippen molar-refractivity contribution in [3.63, 3.8) is 0 Å². The number of hydrogen-bond acceptors (Lipinski definition) is 5. The highest BCUT2D eigenvalue weighted by molar-refractivity contribution is 5.71. The molecule has 2 atom stereocenters. The van der Waals surface area contributed by atoms with E-state index in [1.165, 1.54) is 0 Å². The van der Waals surface area contributed by atoms with Crippen LogP contribution in [0.5, 0.6) is 0 Å². The van der Waals surface area contributed by atoms with Gasteiger partial charge in [-0.25, -0.2) is 0 Å². The van der Waals surface area contributed by atoms with Gasteiger partial charge in [0.2, 0.25) is 0 Å². The zero-order valence-corrected chi connectivity index (χ0v) is 22.0. The lowest BCUT2D eigenvalue weighted by atomic mass is 10.2. The minimum atomic E-state index is -1.22. The standard InChI is InChI=1S/C29H45NO5/c1-5-6-7-8-9-10-12-15-18-21-26(31)22-19-16-13-11-14-17-20-23-29(34)35-27(24-28(32)33)25-30(2,3)4/h6-7,9-10,13-19,22,26-27,31H,5,8,11-12,20-21,23-25H2,1-4H3/b7-6+,10-9+,16-13+,17-14+,18-15+,22-19+. The van der Waals surface area contributed by atoms with Crippen LogP contribution < -0.4 is 5.11 Å². The molecule has 0 radical (unpaired) electrons. The first-order chi connectivity index (χ1) is 16.6. The van der Waals surface area contributed by atoms with Crippen LogP contribution in [0.2, 0.25) is 0 Å². The molecular weight excluding hydrogens is 442 g/mol. The number of quaternary nitrogens is 1. The molecule has 0 aliphatic heterocycles. The third-order valence-electron chi connectivity index (χ3n) is 4.64. The van der Waals surface area contributed by atoms with Gasteiger partial charge < -0.3 is 24.2 Å². The molecule has 0 aromatic heterocycles. The Morgan fingerprint density at radius 3 is 2.11 bits per heavy atom. The Morgan fingerprint density at radius 2 is 1.49 bits per heavy atom. The normalized spacial score (nSPS) is 14.9. The number of rotatable bonds is 19. The van der Waals surface area contributed by atoms with E-state index >= 15 is 0 Å². The van der Waals surface area contributed by atoms with Crippen LogP contribution in [-0.2, 0) is 14.3 Å². The van der Waals surface area contributed by atoms with E-state index in [2.05, 4.69) is 37.3 Å². The summed E-state index contributed by atoms with van der Waals surface area (Å²) in [6, 6.07) is 0. The van der Waals surface area contributed by atoms with E-state index in [1.807, 2.05) is 57.6 Å². The Morgan fingerprint density at radius 1 is 0.886 bits per heavy atom. The first-order valence-corrected chi connectivity index (χ1v) is 12.4. The summed E-state index contributed by atoms with van der Waals surface area (Å²) in [7, 11) is 5.73. The molecule has 0 aliphatic rings. The fraction of sp³-hybridized carbons (Fsp3) is 0.517. The van der Waals surface area contributed by atoms with E-state index in [0.717, 1.165) is 19.3 Å². The summed E-state index contributed by atoms with van der Waals surface area (Å²) in [5.41, 5.74) is 0. The van der Waals surface area contributed by atoms with Crippen LogP contribution in [0.25, 0.3) is 0 Å². The third-order valence-corrected chi connectivity index (χ3v) is 4.64. The molecule has 0 rings (SSSR count). The molecule has 0 aliphatic carbocycles. The molecule has 0 bridgehead atoms. The van der Waals surface area contributed by atoms with Crippen molar-refractivity contribution in [2.75, 3.05) is 27.7 Å².